The molecule has 18 heavy (non-hydrogen) atoms. The standard InChI is InChI=1S/C11H22N2O4.ClH/c1-15-5-3-12-7-11(14)13-4-6-17-10(8-13)9-16-2;/h10,12H,3-9H2,1-2H3;1H. The first-order valence-electron chi connectivity index (χ1n) is 5.86. The van der Waals surface area contributed by atoms with E-state index in [1.165, 1.54) is 0 Å². The molecule has 1 heterocycles. The number of morpholine rings is 1. The van der Waals surface area contributed by atoms with Gasteiger partial charge in [0.25, 0.3) is 0 Å². The Morgan fingerprint density at radius 2 is 2.22 bits per heavy atom. The molecular weight excluding hydrogens is 260 g/mol. The fourth-order valence-electron chi connectivity index (χ4n) is 1.71. The minimum atomic E-state index is -0.00308. The lowest BCUT2D eigenvalue weighted by Gasteiger charge is -2.32. The highest BCUT2D eigenvalue weighted by molar-refractivity contribution is 5.85. The number of hydrogen-bond acceptors (Lipinski definition) is 5. The number of amides is 1. The fraction of sp³-hybridized carbons (Fsp3) is 0.909. The Morgan fingerprint density at radius 3 is 2.89 bits per heavy atom. The third-order valence-electron chi connectivity index (χ3n) is 2.60. The summed E-state index contributed by atoms with van der Waals surface area (Å²) in [4.78, 5) is 13.6. The number of carbonyl (C=O) groups is 1. The van der Waals surface area contributed by atoms with Crippen molar-refractivity contribution in [1.82, 2.24) is 10.2 Å². The molecule has 108 valence electrons. The van der Waals surface area contributed by atoms with Gasteiger partial charge in [0.2, 0.25) is 5.91 Å². The summed E-state index contributed by atoms with van der Waals surface area (Å²) in [7, 11) is 3.28. The zero-order chi connectivity index (χ0) is 12.5. The Morgan fingerprint density at radius 1 is 1.44 bits per heavy atom. The van der Waals surface area contributed by atoms with E-state index in [0.29, 0.717) is 46.0 Å². The maximum atomic E-state index is 11.8. The summed E-state index contributed by atoms with van der Waals surface area (Å²) in [6.07, 6.45) is -0.00308. The van der Waals surface area contributed by atoms with Crippen molar-refractivity contribution in [2.75, 3.05) is 60.2 Å². The molecule has 1 saturated heterocycles. The van der Waals surface area contributed by atoms with Gasteiger partial charge in [-0.25, -0.2) is 0 Å². The highest BCUT2D eigenvalue weighted by Gasteiger charge is 2.23. The molecule has 0 aromatic carbocycles. The minimum Gasteiger partial charge on any atom is -0.383 e. The summed E-state index contributed by atoms with van der Waals surface area (Å²) in [6, 6.07) is 0. The second-order valence-corrected chi connectivity index (χ2v) is 3.96. The largest absolute Gasteiger partial charge is 0.383 e. The number of nitrogens with zero attached hydrogens (tertiary/aromatic N) is 1. The van der Waals surface area contributed by atoms with Crippen molar-refractivity contribution in [2.45, 2.75) is 6.10 Å². The summed E-state index contributed by atoms with van der Waals surface area (Å²) in [5, 5.41) is 3.04. The van der Waals surface area contributed by atoms with Crippen LogP contribution in [0.3, 0.4) is 0 Å². The van der Waals surface area contributed by atoms with Crippen LogP contribution >= 0.6 is 12.4 Å². The van der Waals surface area contributed by atoms with Crippen molar-refractivity contribution in [2.24, 2.45) is 0 Å². The molecule has 0 aromatic rings. The molecule has 0 aromatic heterocycles. The van der Waals surface area contributed by atoms with Gasteiger partial charge in [-0.2, -0.15) is 0 Å². The van der Waals surface area contributed by atoms with Crippen LogP contribution in [0.15, 0.2) is 0 Å². The monoisotopic (exact) mass is 282 g/mol. The second-order valence-electron chi connectivity index (χ2n) is 3.96. The van der Waals surface area contributed by atoms with Gasteiger partial charge in [-0.3, -0.25) is 4.79 Å². The molecule has 1 unspecified atom stereocenters. The Hall–Kier alpha value is -0.400. The number of rotatable bonds is 7. The lowest BCUT2D eigenvalue weighted by molar-refractivity contribution is -0.139. The number of ether oxygens (including phenoxy) is 3. The Kier molecular flexibility index (Phi) is 10.3. The van der Waals surface area contributed by atoms with E-state index in [0.717, 1.165) is 0 Å². The van der Waals surface area contributed by atoms with E-state index in [1.807, 2.05) is 4.90 Å². The van der Waals surface area contributed by atoms with Crippen molar-refractivity contribution in [3.8, 4) is 0 Å². The van der Waals surface area contributed by atoms with Crippen LogP contribution in [0.4, 0.5) is 0 Å². The predicted octanol–water partition coefficient (Wildman–Crippen LogP) is -0.482. The van der Waals surface area contributed by atoms with Crippen molar-refractivity contribution in [3.63, 3.8) is 0 Å². The van der Waals surface area contributed by atoms with Crippen LogP contribution in [0.1, 0.15) is 0 Å². The van der Waals surface area contributed by atoms with Crippen molar-refractivity contribution in [1.29, 1.82) is 0 Å². The number of nitrogens with one attached hydrogen (secondary N) is 1. The molecule has 1 N–H and O–H groups in total. The van der Waals surface area contributed by atoms with E-state index in [1.54, 1.807) is 14.2 Å². The fourth-order valence-corrected chi connectivity index (χ4v) is 1.71. The highest BCUT2D eigenvalue weighted by Crippen LogP contribution is 2.05. The molecule has 1 amide bonds. The maximum Gasteiger partial charge on any atom is 0.236 e. The zero-order valence-corrected chi connectivity index (χ0v) is 11.8. The molecule has 0 bridgehead atoms. The molecule has 0 saturated carbocycles. The van der Waals surface area contributed by atoms with Crippen LogP contribution in [0.2, 0.25) is 0 Å². The smallest absolute Gasteiger partial charge is 0.236 e. The number of hydrogen-bond donors (Lipinski definition) is 1. The molecule has 1 aliphatic heterocycles. The first-order chi connectivity index (χ1) is 8.27. The molecule has 1 fully saturated rings. The lowest BCUT2D eigenvalue weighted by Crippen LogP contribution is -2.49. The Balaban J connectivity index is 0.00000289. The first-order valence-corrected chi connectivity index (χ1v) is 5.86. The van der Waals surface area contributed by atoms with E-state index >= 15 is 0 Å². The van der Waals surface area contributed by atoms with Gasteiger partial charge in [-0.15, -0.1) is 12.4 Å². The molecule has 7 heteroatoms. The van der Waals surface area contributed by atoms with Crippen molar-refractivity contribution >= 4 is 18.3 Å². The Labute approximate surface area is 114 Å². The number of methoxy groups -OCH3 is 2. The molecule has 1 rings (SSSR count). The van der Waals surface area contributed by atoms with E-state index in [2.05, 4.69) is 5.32 Å². The van der Waals surface area contributed by atoms with Gasteiger partial charge in [0, 0.05) is 33.9 Å². The van der Waals surface area contributed by atoms with Crippen LogP contribution < -0.4 is 5.32 Å². The molecular formula is C11H23ClN2O4. The van der Waals surface area contributed by atoms with Crippen molar-refractivity contribution < 1.29 is 19.0 Å². The average molecular weight is 283 g/mol. The highest BCUT2D eigenvalue weighted by atomic mass is 35.5. The molecule has 0 radical (unpaired) electrons. The average Bonchev–Trinajstić information content (AvgIpc) is 2.35. The second kappa shape index (κ2) is 10.5. The summed E-state index contributed by atoms with van der Waals surface area (Å²) in [5.41, 5.74) is 0. The lowest BCUT2D eigenvalue weighted by atomic mass is 10.3. The minimum absolute atomic E-state index is 0. The summed E-state index contributed by atoms with van der Waals surface area (Å²) in [5.74, 6) is 0.102. The van der Waals surface area contributed by atoms with Gasteiger partial charge in [0.05, 0.1) is 32.5 Å². The maximum absolute atomic E-state index is 11.8. The van der Waals surface area contributed by atoms with Gasteiger partial charge in [0.1, 0.15) is 0 Å². The SMILES string of the molecule is COCCNCC(=O)N1CCOC(COC)C1.Cl. The van der Waals surface area contributed by atoms with Gasteiger partial charge in [-0.1, -0.05) is 0 Å². The van der Waals surface area contributed by atoms with E-state index in [-0.39, 0.29) is 24.4 Å². The molecule has 1 atom stereocenters. The Bertz CT molecular complexity index is 229. The van der Waals surface area contributed by atoms with Crippen LogP contribution in [0.5, 0.6) is 0 Å². The summed E-state index contributed by atoms with van der Waals surface area (Å²) < 4.78 is 15.4. The van der Waals surface area contributed by atoms with Gasteiger partial charge >= 0.3 is 0 Å². The molecule has 6 nitrogen and oxygen atoms in total. The normalized spacial score (nSPS) is 19.4. The number of carbonyl (C=O) groups excluding carboxylic acids is 1. The first kappa shape index (κ1) is 17.6. The summed E-state index contributed by atoms with van der Waals surface area (Å²) in [6.45, 7) is 4.03. The predicted molar refractivity (Wildman–Crippen MR) is 70.2 cm³/mol. The van der Waals surface area contributed by atoms with Crippen LogP contribution in [0, 0.1) is 0 Å². The van der Waals surface area contributed by atoms with Crippen LogP contribution in [0.25, 0.3) is 0 Å². The van der Waals surface area contributed by atoms with Crippen molar-refractivity contribution in [3.05, 3.63) is 0 Å². The number of halogens is 1. The van der Waals surface area contributed by atoms with E-state index in [9.17, 15) is 4.79 Å². The van der Waals surface area contributed by atoms with Gasteiger partial charge in [0.15, 0.2) is 0 Å². The quantitative estimate of drug-likeness (QED) is 0.639. The molecule has 0 spiro atoms. The summed E-state index contributed by atoms with van der Waals surface area (Å²) >= 11 is 0. The van der Waals surface area contributed by atoms with E-state index in [4.69, 9.17) is 14.2 Å². The third kappa shape index (κ3) is 6.51. The molecule has 1 aliphatic rings. The third-order valence-corrected chi connectivity index (χ3v) is 2.60. The van der Waals surface area contributed by atoms with Crippen LogP contribution in [-0.4, -0.2) is 77.1 Å². The molecule has 0 aliphatic carbocycles. The van der Waals surface area contributed by atoms with Gasteiger partial charge in [-0.05, 0) is 0 Å². The van der Waals surface area contributed by atoms with Gasteiger partial charge < -0.3 is 24.4 Å². The topological polar surface area (TPSA) is 60.0 Å². The van der Waals surface area contributed by atoms with E-state index < -0.39 is 0 Å². The van der Waals surface area contributed by atoms with Crippen LogP contribution in [-0.2, 0) is 19.0 Å². The zero-order valence-electron chi connectivity index (χ0n) is 11.0.